The van der Waals surface area contributed by atoms with Gasteiger partial charge in [0, 0.05) is 18.9 Å². The number of aromatic nitrogens is 3. The van der Waals surface area contributed by atoms with Gasteiger partial charge >= 0.3 is 0 Å². The Balaban J connectivity index is 1.70. The van der Waals surface area contributed by atoms with Crippen molar-refractivity contribution in [2.24, 2.45) is 0 Å². The highest BCUT2D eigenvalue weighted by Crippen LogP contribution is 2.17. The molecule has 1 aliphatic rings. The number of aromatic amines is 1. The van der Waals surface area contributed by atoms with Crippen molar-refractivity contribution >= 4 is 11.9 Å². The Labute approximate surface area is 100 Å². The van der Waals surface area contributed by atoms with Crippen LogP contribution < -0.4 is 11.1 Å². The number of nitrogen functional groups attached to an aromatic ring is 1. The van der Waals surface area contributed by atoms with Gasteiger partial charge in [0.2, 0.25) is 11.9 Å². The van der Waals surface area contributed by atoms with Crippen LogP contribution in [0.3, 0.4) is 0 Å². The highest BCUT2D eigenvalue weighted by atomic mass is 16.1. The maximum atomic E-state index is 11.7. The van der Waals surface area contributed by atoms with Crippen LogP contribution in [0.2, 0.25) is 0 Å². The van der Waals surface area contributed by atoms with Crippen LogP contribution in [0.5, 0.6) is 0 Å². The second kappa shape index (κ2) is 5.65. The SMILES string of the molecule is Nc1n[nH]c(CCC(=O)NC2CCCCC2)n1. The normalized spacial score (nSPS) is 16.9. The van der Waals surface area contributed by atoms with Crippen LogP contribution in [0.1, 0.15) is 44.3 Å². The molecule has 1 aliphatic carbocycles. The Bertz CT molecular complexity index is 370. The number of carbonyl (C=O) groups is 1. The van der Waals surface area contributed by atoms with E-state index < -0.39 is 0 Å². The van der Waals surface area contributed by atoms with E-state index in [9.17, 15) is 4.79 Å². The second-order valence-corrected chi connectivity index (χ2v) is 4.54. The summed E-state index contributed by atoms with van der Waals surface area (Å²) in [4.78, 5) is 15.6. The lowest BCUT2D eigenvalue weighted by Gasteiger charge is -2.22. The van der Waals surface area contributed by atoms with Crippen molar-refractivity contribution in [2.45, 2.75) is 51.0 Å². The summed E-state index contributed by atoms with van der Waals surface area (Å²) in [5.41, 5.74) is 5.38. The van der Waals surface area contributed by atoms with Crippen molar-refractivity contribution in [2.75, 3.05) is 5.73 Å². The number of carbonyl (C=O) groups excluding carboxylic acids is 1. The number of nitrogens with two attached hydrogens (primary N) is 1. The van der Waals surface area contributed by atoms with Crippen molar-refractivity contribution in [3.8, 4) is 0 Å². The number of aryl methyl sites for hydroxylation is 1. The van der Waals surface area contributed by atoms with Crippen LogP contribution >= 0.6 is 0 Å². The summed E-state index contributed by atoms with van der Waals surface area (Å²) in [6.07, 6.45) is 6.97. The molecule has 0 atom stereocenters. The molecule has 4 N–H and O–H groups in total. The number of hydrogen-bond donors (Lipinski definition) is 3. The van der Waals surface area contributed by atoms with Crippen LogP contribution in [0.15, 0.2) is 0 Å². The minimum atomic E-state index is 0.0897. The monoisotopic (exact) mass is 237 g/mol. The van der Waals surface area contributed by atoms with Gasteiger partial charge in [-0.1, -0.05) is 19.3 Å². The smallest absolute Gasteiger partial charge is 0.239 e. The standard InChI is InChI=1S/C11H19N5O/c12-11-14-9(15-16-11)6-7-10(17)13-8-4-2-1-3-5-8/h8H,1-7H2,(H,13,17)(H3,12,14,15,16). The van der Waals surface area contributed by atoms with Crippen LogP contribution in [0, 0.1) is 0 Å². The molecule has 0 spiro atoms. The predicted octanol–water partition coefficient (Wildman–Crippen LogP) is 0.768. The van der Waals surface area contributed by atoms with Crippen molar-refractivity contribution in [3.05, 3.63) is 5.82 Å². The van der Waals surface area contributed by atoms with Gasteiger partial charge in [0.15, 0.2) is 0 Å². The molecule has 94 valence electrons. The summed E-state index contributed by atoms with van der Waals surface area (Å²) < 4.78 is 0. The summed E-state index contributed by atoms with van der Waals surface area (Å²) in [6.45, 7) is 0. The van der Waals surface area contributed by atoms with E-state index in [4.69, 9.17) is 5.73 Å². The van der Waals surface area contributed by atoms with Crippen LogP contribution in [-0.2, 0) is 11.2 Å². The molecule has 0 saturated heterocycles. The van der Waals surface area contributed by atoms with E-state index in [0.29, 0.717) is 24.7 Å². The summed E-state index contributed by atoms with van der Waals surface area (Å²) in [5, 5.41) is 9.48. The molecule has 1 fully saturated rings. The van der Waals surface area contributed by atoms with E-state index in [1.54, 1.807) is 0 Å². The quantitative estimate of drug-likeness (QED) is 0.720. The Morgan fingerprint density at radius 2 is 2.18 bits per heavy atom. The molecule has 1 aromatic heterocycles. The predicted molar refractivity (Wildman–Crippen MR) is 64.1 cm³/mol. The zero-order valence-corrected chi connectivity index (χ0v) is 9.91. The molecule has 6 heteroatoms. The van der Waals surface area contributed by atoms with Gasteiger partial charge < -0.3 is 11.1 Å². The van der Waals surface area contributed by atoms with Crippen molar-refractivity contribution in [1.82, 2.24) is 20.5 Å². The van der Waals surface area contributed by atoms with E-state index >= 15 is 0 Å². The molecule has 17 heavy (non-hydrogen) atoms. The fourth-order valence-corrected chi connectivity index (χ4v) is 2.20. The maximum Gasteiger partial charge on any atom is 0.239 e. The minimum absolute atomic E-state index is 0.0897. The van der Waals surface area contributed by atoms with Crippen LogP contribution in [0.4, 0.5) is 5.95 Å². The highest BCUT2D eigenvalue weighted by Gasteiger charge is 2.15. The van der Waals surface area contributed by atoms with Crippen molar-refractivity contribution in [1.29, 1.82) is 0 Å². The van der Waals surface area contributed by atoms with Gasteiger partial charge in [0.25, 0.3) is 0 Å². The van der Waals surface area contributed by atoms with Gasteiger partial charge in [-0.3, -0.25) is 9.89 Å². The number of rotatable bonds is 4. The minimum Gasteiger partial charge on any atom is -0.367 e. The maximum absolute atomic E-state index is 11.7. The summed E-state index contributed by atoms with van der Waals surface area (Å²) in [5.74, 6) is 0.987. The van der Waals surface area contributed by atoms with Gasteiger partial charge in [-0.05, 0) is 12.8 Å². The van der Waals surface area contributed by atoms with E-state index in [0.717, 1.165) is 12.8 Å². The Morgan fingerprint density at radius 1 is 1.41 bits per heavy atom. The first-order chi connectivity index (χ1) is 8.24. The van der Waals surface area contributed by atoms with E-state index in [2.05, 4.69) is 20.5 Å². The van der Waals surface area contributed by atoms with Crippen molar-refractivity contribution < 1.29 is 4.79 Å². The summed E-state index contributed by atoms with van der Waals surface area (Å²) in [7, 11) is 0. The third-order valence-corrected chi connectivity index (χ3v) is 3.11. The van der Waals surface area contributed by atoms with Gasteiger partial charge in [-0.25, -0.2) is 0 Å². The van der Waals surface area contributed by atoms with Crippen LogP contribution in [0.25, 0.3) is 0 Å². The first-order valence-electron chi connectivity index (χ1n) is 6.20. The van der Waals surface area contributed by atoms with E-state index in [-0.39, 0.29) is 11.9 Å². The Hall–Kier alpha value is -1.59. The second-order valence-electron chi connectivity index (χ2n) is 4.54. The van der Waals surface area contributed by atoms with E-state index in [1.807, 2.05) is 0 Å². The van der Waals surface area contributed by atoms with Gasteiger partial charge in [-0.15, -0.1) is 5.10 Å². The third kappa shape index (κ3) is 3.72. The molecule has 6 nitrogen and oxygen atoms in total. The third-order valence-electron chi connectivity index (χ3n) is 3.11. The van der Waals surface area contributed by atoms with Gasteiger partial charge in [-0.2, -0.15) is 4.98 Å². The number of nitrogens with one attached hydrogen (secondary N) is 2. The molecule has 2 rings (SSSR count). The topological polar surface area (TPSA) is 96.7 Å². The lowest BCUT2D eigenvalue weighted by Crippen LogP contribution is -2.36. The number of H-pyrrole nitrogens is 1. The summed E-state index contributed by atoms with van der Waals surface area (Å²) in [6, 6.07) is 0.371. The van der Waals surface area contributed by atoms with Crippen molar-refractivity contribution in [3.63, 3.8) is 0 Å². The average Bonchev–Trinajstić information content (AvgIpc) is 2.74. The lowest BCUT2D eigenvalue weighted by molar-refractivity contribution is -0.122. The molecule has 0 aromatic carbocycles. The number of anilines is 1. The zero-order valence-electron chi connectivity index (χ0n) is 9.91. The largest absolute Gasteiger partial charge is 0.367 e. The number of nitrogens with zero attached hydrogens (tertiary/aromatic N) is 2. The van der Waals surface area contributed by atoms with Gasteiger partial charge in [0.05, 0.1) is 0 Å². The molecular formula is C11H19N5O. The van der Waals surface area contributed by atoms with E-state index in [1.165, 1.54) is 19.3 Å². The highest BCUT2D eigenvalue weighted by molar-refractivity contribution is 5.76. The molecule has 0 unspecified atom stereocenters. The first-order valence-corrected chi connectivity index (χ1v) is 6.20. The Kier molecular flexibility index (Phi) is 3.95. The average molecular weight is 237 g/mol. The summed E-state index contributed by atoms with van der Waals surface area (Å²) >= 11 is 0. The zero-order chi connectivity index (χ0) is 12.1. The Morgan fingerprint density at radius 3 is 2.82 bits per heavy atom. The van der Waals surface area contributed by atoms with Gasteiger partial charge in [0.1, 0.15) is 5.82 Å². The number of amides is 1. The molecular weight excluding hydrogens is 218 g/mol. The molecule has 0 radical (unpaired) electrons. The molecule has 0 bridgehead atoms. The molecule has 0 aliphatic heterocycles. The van der Waals surface area contributed by atoms with Crippen LogP contribution in [-0.4, -0.2) is 27.1 Å². The fraction of sp³-hybridized carbons (Fsp3) is 0.727. The fourth-order valence-electron chi connectivity index (χ4n) is 2.20. The number of hydrogen-bond acceptors (Lipinski definition) is 4. The molecule has 1 amide bonds. The lowest BCUT2D eigenvalue weighted by atomic mass is 9.95. The first kappa shape index (κ1) is 11.9. The molecule has 1 heterocycles. The molecule has 1 aromatic rings. The molecule has 1 saturated carbocycles.